The molecule has 1 aromatic carbocycles. The Labute approximate surface area is 158 Å². The van der Waals surface area contributed by atoms with Gasteiger partial charge in [-0.05, 0) is 26.0 Å². The minimum atomic E-state index is -0.544. The van der Waals surface area contributed by atoms with Crippen molar-refractivity contribution in [2.75, 3.05) is 38.0 Å². The Hall–Kier alpha value is -2.87. The predicted octanol–water partition coefficient (Wildman–Crippen LogP) is 1.53. The number of piperazine rings is 1. The fraction of sp³-hybridized carbons (Fsp3) is 0.421. The highest BCUT2D eigenvalue weighted by atomic mass is 16.5. The van der Waals surface area contributed by atoms with Gasteiger partial charge in [0.05, 0.1) is 6.54 Å². The van der Waals surface area contributed by atoms with Gasteiger partial charge in [0, 0.05) is 32.2 Å². The molecule has 1 N–H and O–H groups in total. The van der Waals surface area contributed by atoms with Crippen molar-refractivity contribution in [2.45, 2.75) is 20.0 Å². The summed E-state index contributed by atoms with van der Waals surface area (Å²) < 4.78 is 10.6. The molecule has 3 rings (SSSR count). The summed E-state index contributed by atoms with van der Waals surface area (Å²) >= 11 is 0. The number of rotatable bonds is 6. The molecule has 0 spiro atoms. The third kappa shape index (κ3) is 5.30. The summed E-state index contributed by atoms with van der Waals surface area (Å²) in [6.45, 7) is 6.18. The lowest BCUT2D eigenvalue weighted by molar-refractivity contribution is -0.139. The van der Waals surface area contributed by atoms with Crippen LogP contribution >= 0.6 is 0 Å². The van der Waals surface area contributed by atoms with Crippen molar-refractivity contribution < 1.29 is 18.8 Å². The van der Waals surface area contributed by atoms with Crippen LogP contribution in [0.2, 0.25) is 0 Å². The first kappa shape index (κ1) is 18.9. The van der Waals surface area contributed by atoms with Crippen LogP contribution in [0.1, 0.15) is 12.7 Å². The van der Waals surface area contributed by atoms with E-state index in [1.54, 1.807) is 24.8 Å². The molecular formula is C19H24N4O4. The number of carbonyl (C=O) groups excluding carboxylic acids is 2. The van der Waals surface area contributed by atoms with Gasteiger partial charge in [-0.15, -0.1) is 0 Å². The van der Waals surface area contributed by atoms with E-state index in [2.05, 4.69) is 10.5 Å². The average molecular weight is 372 g/mol. The first-order valence-electron chi connectivity index (χ1n) is 8.97. The average Bonchev–Trinajstić information content (AvgIpc) is 3.07. The molecule has 1 atom stereocenters. The van der Waals surface area contributed by atoms with Crippen LogP contribution in [0.5, 0.6) is 5.75 Å². The van der Waals surface area contributed by atoms with E-state index in [-0.39, 0.29) is 18.4 Å². The van der Waals surface area contributed by atoms with E-state index in [0.29, 0.717) is 43.5 Å². The zero-order chi connectivity index (χ0) is 19.2. The van der Waals surface area contributed by atoms with E-state index < -0.39 is 6.10 Å². The maximum atomic E-state index is 12.6. The lowest BCUT2D eigenvalue weighted by Crippen LogP contribution is -2.53. The fourth-order valence-electron chi connectivity index (χ4n) is 2.95. The van der Waals surface area contributed by atoms with Crippen LogP contribution in [0.15, 0.2) is 40.9 Å². The van der Waals surface area contributed by atoms with Gasteiger partial charge in [0.1, 0.15) is 11.5 Å². The molecule has 0 saturated carbocycles. The molecule has 1 aliphatic rings. The number of aryl methyl sites for hydroxylation is 1. The number of hydrogen-bond acceptors (Lipinski definition) is 6. The number of nitrogens with one attached hydrogen (secondary N) is 1. The molecule has 1 unspecified atom stereocenters. The van der Waals surface area contributed by atoms with Crippen molar-refractivity contribution in [3.8, 4) is 5.75 Å². The van der Waals surface area contributed by atoms with Crippen LogP contribution < -0.4 is 10.1 Å². The van der Waals surface area contributed by atoms with Gasteiger partial charge >= 0.3 is 0 Å². The number of aromatic nitrogens is 1. The standard InChI is InChI=1S/C19H24N4O4/c1-14-12-17(21-27-14)20-18(24)13-22-8-10-23(11-9-22)19(25)15(2)26-16-6-4-3-5-7-16/h3-7,12,15H,8-11,13H2,1-2H3,(H,20,21,24). The molecule has 27 heavy (non-hydrogen) atoms. The summed E-state index contributed by atoms with van der Waals surface area (Å²) in [5, 5.41) is 6.45. The monoisotopic (exact) mass is 372 g/mol. The summed E-state index contributed by atoms with van der Waals surface area (Å²) in [5.74, 6) is 1.55. The number of benzene rings is 1. The Morgan fingerprint density at radius 3 is 2.56 bits per heavy atom. The van der Waals surface area contributed by atoms with Crippen LogP contribution in [0.3, 0.4) is 0 Å². The number of anilines is 1. The Morgan fingerprint density at radius 1 is 1.22 bits per heavy atom. The molecule has 1 saturated heterocycles. The Kier molecular flexibility index (Phi) is 6.08. The third-order valence-corrected chi connectivity index (χ3v) is 4.35. The molecule has 1 aromatic heterocycles. The zero-order valence-electron chi connectivity index (χ0n) is 15.6. The van der Waals surface area contributed by atoms with Crippen LogP contribution in [0.25, 0.3) is 0 Å². The van der Waals surface area contributed by atoms with Crippen molar-refractivity contribution in [2.24, 2.45) is 0 Å². The van der Waals surface area contributed by atoms with Gasteiger partial charge in [0.2, 0.25) is 5.91 Å². The second-order valence-corrected chi connectivity index (χ2v) is 6.55. The largest absolute Gasteiger partial charge is 0.481 e. The quantitative estimate of drug-likeness (QED) is 0.827. The molecule has 8 nitrogen and oxygen atoms in total. The van der Waals surface area contributed by atoms with Gasteiger partial charge in [0.25, 0.3) is 5.91 Å². The van der Waals surface area contributed by atoms with Crippen molar-refractivity contribution in [3.63, 3.8) is 0 Å². The molecule has 2 aromatic rings. The van der Waals surface area contributed by atoms with E-state index in [9.17, 15) is 9.59 Å². The minimum absolute atomic E-state index is 0.0407. The molecule has 1 aliphatic heterocycles. The van der Waals surface area contributed by atoms with E-state index in [1.165, 1.54) is 0 Å². The molecule has 0 radical (unpaired) electrons. The van der Waals surface area contributed by atoms with Crippen LogP contribution in [0.4, 0.5) is 5.82 Å². The Morgan fingerprint density at radius 2 is 1.93 bits per heavy atom. The van der Waals surface area contributed by atoms with E-state index in [1.807, 2.05) is 35.2 Å². The lowest BCUT2D eigenvalue weighted by Gasteiger charge is -2.35. The third-order valence-electron chi connectivity index (χ3n) is 4.35. The second-order valence-electron chi connectivity index (χ2n) is 6.55. The number of hydrogen-bond donors (Lipinski definition) is 1. The number of amides is 2. The molecule has 2 heterocycles. The maximum Gasteiger partial charge on any atom is 0.263 e. The highest BCUT2D eigenvalue weighted by Crippen LogP contribution is 2.13. The minimum Gasteiger partial charge on any atom is -0.481 e. The van der Waals surface area contributed by atoms with Crippen molar-refractivity contribution in [1.82, 2.24) is 15.0 Å². The zero-order valence-corrected chi connectivity index (χ0v) is 15.6. The van der Waals surface area contributed by atoms with E-state index in [4.69, 9.17) is 9.26 Å². The molecule has 144 valence electrons. The van der Waals surface area contributed by atoms with Gasteiger partial charge in [0.15, 0.2) is 11.9 Å². The molecular weight excluding hydrogens is 348 g/mol. The predicted molar refractivity (Wildman–Crippen MR) is 99.4 cm³/mol. The molecule has 1 fully saturated rings. The first-order valence-corrected chi connectivity index (χ1v) is 8.97. The Balaban J connectivity index is 1.42. The molecule has 0 bridgehead atoms. The van der Waals surface area contributed by atoms with Gasteiger partial charge < -0.3 is 19.5 Å². The van der Waals surface area contributed by atoms with Crippen molar-refractivity contribution in [1.29, 1.82) is 0 Å². The number of ether oxygens (including phenoxy) is 1. The lowest BCUT2D eigenvalue weighted by atomic mass is 10.2. The normalized spacial score (nSPS) is 16.0. The Bertz CT molecular complexity index is 769. The maximum absolute atomic E-state index is 12.6. The van der Waals surface area contributed by atoms with Crippen molar-refractivity contribution >= 4 is 17.6 Å². The van der Waals surface area contributed by atoms with Crippen molar-refractivity contribution in [3.05, 3.63) is 42.2 Å². The topological polar surface area (TPSA) is 87.9 Å². The number of para-hydroxylation sites is 1. The van der Waals surface area contributed by atoms with Crippen LogP contribution in [-0.2, 0) is 9.59 Å². The molecule has 8 heteroatoms. The number of nitrogens with zero attached hydrogens (tertiary/aromatic N) is 3. The van der Waals surface area contributed by atoms with Crippen LogP contribution in [-0.4, -0.2) is 65.6 Å². The van der Waals surface area contributed by atoms with Crippen LogP contribution in [0, 0.1) is 6.92 Å². The second kappa shape index (κ2) is 8.68. The van der Waals surface area contributed by atoms with Gasteiger partial charge in [-0.1, -0.05) is 23.4 Å². The summed E-state index contributed by atoms with van der Waals surface area (Å²) in [5.41, 5.74) is 0. The fourth-order valence-corrected chi connectivity index (χ4v) is 2.95. The molecule has 2 amide bonds. The van der Waals surface area contributed by atoms with E-state index >= 15 is 0 Å². The van der Waals surface area contributed by atoms with Gasteiger partial charge in [-0.2, -0.15) is 0 Å². The highest BCUT2D eigenvalue weighted by molar-refractivity contribution is 5.91. The summed E-state index contributed by atoms with van der Waals surface area (Å²) in [6.07, 6.45) is -0.544. The van der Waals surface area contributed by atoms with Gasteiger partial charge in [-0.25, -0.2) is 0 Å². The van der Waals surface area contributed by atoms with Gasteiger partial charge in [-0.3, -0.25) is 14.5 Å². The summed E-state index contributed by atoms with van der Waals surface area (Å²) in [7, 11) is 0. The van der Waals surface area contributed by atoms with E-state index in [0.717, 1.165) is 0 Å². The number of carbonyl (C=O) groups is 2. The summed E-state index contributed by atoms with van der Waals surface area (Å²) in [6, 6.07) is 11.0. The smallest absolute Gasteiger partial charge is 0.263 e. The molecule has 0 aliphatic carbocycles. The SMILES string of the molecule is Cc1cc(NC(=O)CN2CCN(C(=O)C(C)Oc3ccccc3)CC2)no1. The highest BCUT2D eigenvalue weighted by Gasteiger charge is 2.26. The first-order chi connectivity index (χ1) is 13.0. The summed E-state index contributed by atoms with van der Waals surface area (Å²) in [4.78, 5) is 28.4.